The highest BCUT2D eigenvalue weighted by atomic mass is 15.1. The Labute approximate surface area is 355 Å². The van der Waals surface area contributed by atoms with E-state index in [1.165, 1.54) is 308 Å². The first-order valence-corrected chi connectivity index (χ1v) is 26.9. The minimum Gasteiger partial charge on any atom is -0.234 e. The third-order valence-corrected chi connectivity index (χ3v) is 13.1. The molecule has 1 rings (SSSR count). The van der Waals surface area contributed by atoms with Gasteiger partial charge in [0.1, 0.15) is 12.4 Å². The van der Waals surface area contributed by atoms with Crippen molar-refractivity contribution in [3.63, 3.8) is 0 Å². The van der Waals surface area contributed by atoms with Crippen LogP contribution in [0.1, 0.15) is 316 Å². The number of hydrogen-bond donors (Lipinski definition) is 0. The number of hydrogen-bond acceptors (Lipinski definition) is 0. The second-order valence-electron chi connectivity index (χ2n) is 18.7. The molecule has 0 aromatic carbocycles. The van der Waals surface area contributed by atoms with Gasteiger partial charge in [-0.2, -0.15) is 0 Å². The maximum absolute atomic E-state index is 2.66. The predicted octanol–water partition coefficient (Wildman–Crippen LogP) is 18.9. The highest BCUT2D eigenvalue weighted by Crippen LogP contribution is 2.17. The van der Waals surface area contributed by atoms with Crippen molar-refractivity contribution in [1.29, 1.82) is 0 Å². The molecule has 0 saturated heterocycles. The Morgan fingerprint density at radius 1 is 0.304 bits per heavy atom. The van der Waals surface area contributed by atoms with Crippen LogP contribution in [0.5, 0.6) is 0 Å². The summed E-state index contributed by atoms with van der Waals surface area (Å²) in [4.78, 5) is 0. The Balaban J connectivity index is 2.22. The molecular weight excluding hydrogens is 677 g/mol. The van der Waals surface area contributed by atoms with Crippen LogP contribution < -0.4 is 4.57 Å². The third kappa shape index (κ3) is 36.3. The SMILES string of the molecule is CCCCCCCCCCCCCCCCCCCc1n(CCCCCCCCCCCCCCCCCCC)cc[n+]1CCCCCCCCCCCCC. The van der Waals surface area contributed by atoms with Gasteiger partial charge in [0.15, 0.2) is 0 Å². The van der Waals surface area contributed by atoms with Gasteiger partial charge in [0.2, 0.25) is 0 Å². The van der Waals surface area contributed by atoms with Gasteiger partial charge in [0.25, 0.3) is 5.82 Å². The summed E-state index contributed by atoms with van der Waals surface area (Å²) >= 11 is 0. The van der Waals surface area contributed by atoms with E-state index in [2.05, 4.69) is 42.3 Å². The minimum absolute atomic E-state index is 1.23. The molecule has 0 bridgehead atoms. The van der Waals surface area contributed by atoms with Crippen LogP contribution >= 0.6 is 0 Å². The number of rotatable bonds is 48. The normalized spacial score (nSPS) is 11.7. The molecule has 2 nitrogen and oxygen atoms in total. The Morgan fingerprint density at radius 2 is 0.554 bits per heavy atom. The quantitative estimate of drug-likeness (QED) is 0.0460. The van der Waals surface area contributed by atoms with Crippen LogP contribution in [0.4, 0.5) is 0 Å². The highest BCUT2D eigenvalue weighted by molar-refractivity contribution is 4.84. The molecule has 0 atom stereocenters. The second-order valence-corrected chi connectivity index (χ2v) is 18.7. The number of aryl methyl sites for hydroxylation is 2. The summed E-state index contributed by atoms with van der Waals surface area (Å²) in [6.45, 7) is 9.42. The number of imidazole rings is 1. The van der Waals surface area contributed by atoms with Gasteiger partial charge >= 0.3 is 0 Å². The topological polar surface area (TPSA) is 8.81 Å². The molecule has 332 valence electrons. The van der Waals surface area contributed by atoms with Crippen molar-refractivity contribution in [2.75, 3.05) is 0 Å². The van der Waals surface area contributed by atoms with Crippen molar-refractivity contribution >= 4 is 0 Å². The molecule has 56 heavy (non-hydrogen) atoms. The van der Waals surface area contributed by atoms with E-state index in [1.54, 1.807) is 5.82 Å². The molecule has 0 aliphatic heterocycles. The first-order chi connectivity index (χ1) is 27.8. The van der Waals surface area contributed by atoms with Crippen molar-refractivity contribution in [3.8, 4) is 0 Å². The van der Waals surface area contributed by atoms with E-state index in [-0.39, 0.29) is 0 Å². The monoisotopic (exact) mass is 784 g/mol. The number of nitrogens with zero attached hydrogens (tertiary/aromatic N) is 2. The molecule has 0 unspecified atom stereocenters. The van der Waals surface area contributed by atoms with E-state index in [0.717, 1.165) is 0 Å². The van der Waals surface area contributed by atoms with Crippen LogP contribution in [0.15, 0.2) is 12.4 Å². The lowest BCUT2D eigenvalue weighted by Gasteiger charge is -2.07. The average Bonchev–Trinajstić information content (AvgIpc) is 3.59. The zero-order valence-electron chi connectivity index (χ0n) is 39.5. The summed E-state index contributed by atoms with van der Waals surface area (Å²) in [6, 6.07) is 0. The van der Waals surface area contributed by atoms with Crippen molar-refractivity contribution in [2.45, 2.75) is 329 Å². The van der Waals surface area contributed by atoms with Gasteiger partial charge in [-0.05, 0) is 32.1 Å². The molecule has 2 heteroatoms. The summed E-state index contributed by atoms with van der Waals surface area (Å²) < 4.78 is 5.32. The van der Waals surface area contributed by atoms with Gasteiger partial charge in [-0.15, -0.1) is 0 Å². The molecule has 0 saturated carbocycles. The zero-order valence-corrected chi connectivity index (χ0v) is 39.5. The zero-order chi connectivity index (χ0) is 40.1. The minimum atomic E-state index is 1.23. The van der Waals surface area contributed by atoms with E-state index in [0.29, 0.717) is 0 Å². The van der Waals surface area contributed by atoms with Gasteiger partial charge in [-0.25, -0.2) is 9.13 Å². The molecule has 0 amide bonds. The molecule has 0 aliphatic carbocycles. The Hall–Kier alpha value is -0.790. The third-order valence-electron chi connectivity index (χ3n) is 13.1. The lowest BCUT2D eigenvalue weighted by Crippen LogP contribution is -2.37. The summed E-state index contributed by atoms with van der Waals surface area (Å²) in [5, 5.41) is 0. The summed E-state index contributed by atoms with van der Waals surface area (Å²) in [6.07, 6.45) is 71.3. The van der Waals surface area contributed by atoms with Crippen LogP contribution in [0.25, 0.3) is 0 Å². The average molecular weight is 784 g/mol. The van der Waals surface area contributed by atoms with Crippen LogP contribution in [-0.2, 0) is 19.5 Å². The van der Waals surface area contributed by atoms with Crippen molar-refractivity contribution in [2.24, 2.45) is 0 Å². The van der Waals surface area contributed by atoms with Crippen molar-refractivity contribution < 1.29 is 4.57 Å². The van der Waals surface area contributed by atoms with E-state index in [1.807, 2.05) is 0 Å². The standard InChI is InChI=1S/C54H107N2/c1-4-7-10-13-16-19-22-24-26-28-30-32-34-37-40-43-46-49-54-55(50-47-44-41-38-35-21-18-15-12-9-6-3)52-53-56(54)51-48-45-42-39-36-33-31-29-27-25-23-20-17-14-11-8-5-2/h52-53H,4-51H2,1-3H3/q+1. The Bertz CT molecular complexity index is 857. The van der Waals surface area contributed by atoms with Crippen molar-refractivity contribution in [3.05, 3.63) is 18.2 Å². The molecule has 0 fully saturated rings. The fourth-order valence-corrected chi connectivity index (χ4v) is 9.15. The lowest BCUT2D eigenvalue weighted by atomic mass is 10.0. The Morgan fingerprint density at radius 3 is 0.857 bits per heavy atom. The molecule has 0 aliphatic rings. The maximum Gasteiger partial charge on any atom is 0.256 e. The highest BCUT2D eigenvalue weighted by Gasteiger charge is 2.16. The molecule has 1 heterocycles. The van der Waals surface area contributed by atoms with Gasteiger partial charge in [-0.3, -0.25) is 0 Å². The molecular formula is C54H107N2+. The second kappa shape index (κ2) is 45.3. The van der Waals surface area contributed by atoms with E-state index >= 15 is 0 Å². The first kappa shape index (κ1) is 53.2. The van der Waals surface area contributed by atoms with Crippen LogP contribution in [-0.4, -0.2) is 4.57 Å². The number of unbranched alkanes of at least 4 members (excludes halogenated alkanes) is 42. The first-order valence-electron chi connectivity index (χ1n) is 26.9. The van der Waals surface area contributed by atoms with Crippen LogP contribution in [0.3, 0.4) is 0 Å². The largest absolute Gasteiger partial charge is 0.256 e. The van der Waals surface area contributed by atoms with E-state index in [4.69, 9.17) is 0 Å². The Kier molecular flexibility index (Phi) is 43.1. The smallest absolute Gasteiger partial charge is 0.234 e. The van der Waals surface area contributed by atoms with Gasteiger partial charge < -0.3 is 0 Å². The molecule has 1 aromatic rings. The number of aromatic nitrogens is 2. The van der Waals surface area contributed by atoms with Crippen LogP contribution in [0.2, 0.25) is 0 Å². The molecule has 0 N–H and O–H groups in total. The lowest BCUT2D eigenvalue weighted by molar-refractivity contribution is -0.704. The van der Waals surface area contributed by atoms with Crippen LogP contribution in [0, 0.1) is 0 Å². The van der Waals surface area contributed by atoms with Gasteiger partial charge in [0.05, 0.1) is 13.1 Å². The van der Waals surface area contributed by atoms with Gasteiger partial charge in [-0.1, -0.05) is 278 Å². The van der Waals surface area contributed by atoms with Gasteiger partial charge in [0, 0.05) is 6.42 Å². The molecule has 1 aromatic heterocycles. The summed E-state index contributed by atoms with van der Waals surface area (Å²) in [5.74, 6) is 1.63. The fourth-order valence-electron chi connectivity index (χ4n) is 9.15. The summed E-state index contributed by atoms with van der Waals surface area (Å²) in [7, 11) is 0. The molecule has 0 spiro atoms. The maximum atomic E-state index is 2.66. The molecule has 0 radical (unpaired) electrons. The van der Waals surface area contributed by atoms with E-state index < -0.39 is 0 Å². The summed E-state index contributed by atoms with van der Waals surface area (Å²) in [5.41, 5.74) is 0. The fraction of sp³-hybridized carbons (Fsp3) is 0.944. The van der Waals surface area contributed by atoms with E-state index in [9.17, 15) is 0 Å². The predicted molar refractivity (Wildman–Crippen MR) is 253 cm³/mol. The van der Waals surface area contributed by atoms with Crippen molar-refractivity contribution in [1.82, 2.24) is 4.57 Å².